The van der Waals surface area contributed by atoms with Crippen LogP contribution in [0.15, 0.2) is 29.5 Å². The minimum Gasteiger partial charge on any atom is -0.478 e. The van der Waals surface area contributed by atoms with E-state index in [4.69, 9.17) is 9.84 Å². The molecule has 1 heterocycles. The zero-order valence-electron chi connectivity index (χ0n) is 7.17. The first-order valence-corrected chi connectivity index (χ1v) is 3.68. The lowest BCUT2D eigenvalue weighted by Crippen LogP contribution is -2.29. The summed E-state index contributed by atoms with van der Waals surface area (Å²) in [5, 5.41) is 8.39. The van der Waals surface area contributed by atoms with Crippen molar-refractivity contribution in [3.8, 4) is 0 Å². The van der Waals surface area contributed by atoms with Crippen LogP contribution in [0.3, 0.4) is 0 Å². The molecule has 0 fully saturated rings. The van der Waals surface area contributed by atoms with Gasteiger partial charge in [0, 0.05) is 25.0 Å². The first-order chi connectivity index (χ1) is 6.24. The highest BCUT2D eigenvalue weighted by Crippen LogP contribution is 2.01. The van der Waals surface area contributed by atoms with Gasteiger partial charge in [-0.1, -0.05) is 0 Å². The first kappa shape index (κ1) is 9.31. The van der Waals surface area contributed by atoms with Crippen molar-refractivity contribution in [2.24, 2.45) is 4.99 Å². The van der Waals surface area contributed by atoms with Gasteiger partial charge in [-0.25, -0.2) is 9.79 Å². The van der Waals surface area contributed by atoms with Gasteiger partial charge in [0.1, 0.15) is 0 Å². The van der Waals surface area contributed by atoms with Crippen molar-refractivity contribution in [3.05, 3.63) is 24.6 Å². The van der Waals surface area contributed by atoms with Crippen molar-refractivity contribution in [2.75, 3.05) is 13.7 Å². The molecule has 0 aromatic rings. The minimum atomic E-state index is -0.995. The number of aliphatic carboxylic acids is 1. The number of nitrogens with zero attached hydrogens (tertiary/aromatic N) is 2. The molecule has 0 bridgehead atoms. The van der Waals surface area contributed by atoms with E-state index in [1.807, 2.05) is 0 Å². The quantitative estimate of drug-likeness (QED) is 0.628. The Balaban J connectivity index is 2.65. The normalized spacial score (nSPS) is 16.1. The lowest BCUT2D eigenvalue weighted by atomic mass is 10.4. The molecule has 70 valence electrons. The maximum atomic E-state index is 10.2. The minimum absolute atomic E-state index is 0.389. The van der Waals surface area contributed by atoms with Crippen LogP contribution in [0.1, 0.15) is 0 Å². The fraction of sp³-hybridized carbons (Fsp3) is 0.250. The average Bonchev–Trinajstić information content (AvgIpc) is 2.15. The van der Waals surface area contributed by atoms with Crippen LogP contribution in [-0.2, 0) is 9.53 Å². The lowest BCUT2D eigenvalue weighted by molar-refractivity contribution is -0.131. The molecular weight excluding hydrogens is 172 g/mol. The Kier molecular flexibility index (Phi) is 3.08. The van der Waals surface area contributed by atoms with Crippen molar-refractivity contribution in [2.45, 2.75) is 0 Å². The molecule has 1 N–H and O–H groups in total. The molecule has 0 aromatic heterocycles. The van der Waals surface area contributed by atoms with Crippen LogP contribution in [0.25, 0.3) is 0 Å². The van der Waals surface area contributed by atoms with Gasteiger partial charge in [0.15, 0.2) is 0 Å². The number of amidine groups is 1. The van der Waals surface area contributed by atoms with Crippen LogP contribution >= 0.6 is 0 Å². The van der Waals surface area contributed by atoms with E-state index in [1.54, 1.807) is 17.2 Å². The summed E-state index contributed by atoms with van der Waals surface area (Å²) in [7, 11) is 1.49. The van der Waals surface area contributed by atoms with Gasteiger partial charge in [-0.05, 0) is 6.08 Å². The molecule has 0 atom stereocenters. The summed E-state index contributed by atoms with van der Waals surface area (Å²) in [5.74, 6) is -0.995. The highest BCUT2D eigenvalue weighted by molar-refractivity contribution is 5.82. The molecule has 0 saturated carbocycles. The monoisotopic (exact) mass is 182 g/mol. The molecular formula is C8H10N2O3. The summed E-state index contributed by atoms with van der Waals surface area (Å²) in [6.45, 7) is 0.566. The van der Waals surface area contributed by atoms with Crippen molar-refractivity contribution in [1.29, 1.82) is 0 Å². The van der Waals surface area contributed by atoms with Gasteiger partial charge in [0.25, 0.3) is 6.02 Å². The third kappa shape index (κ3) is 2.62. The number of carboxylic acid groups (broad SMARTS) is 1. The number of rotatable bonds is 2. The van der Waals surface area contributed by atoms with Crippen LogP contribution in [0.5, 0.6) is 0 Å². The van der Waals surface area contributed by atoms with E-state index < -0.39 is 5.97 Å². The predicted molar refractivity (Wildman–Crippen MR) is 47.1 cm³/mol. The van der Waals surface area contributed by atoms with Crippen molar-refractivity contribution in [3.63, 3.8) is 0 Å². The highest BCUT2D eigenvalue weighted by atomic mass is 16.5. The van der Waals surface area contributed by atoms with Crippen LogP contribution in [0, 0.1) is 0 Å². The van der Waals surface area contributed by atoms with Crippen LogP contribution < -0.4 is 0 Å². The molecule has 0 radical (unpaired) electrons. The number of carboxylic acids is 1. The largest absolute Gasteiger partial charge is 0.478 e. The Morgan fingerprint density at radius 1 is 1.85 bits per heavy atom. The van der Waals surface area contributed by atoms with E-state index >= 15 is 0 Å². The fourth-order valence-electron chi connectivity index (χ4n) is 0.878. The third-order valence-corrected chi connectivity index (χ3v) is 1.42. The molecule has 0 aromatic carbocycles. The summed E-state index contributed by atoms with van der Waals surface area (Å²) in [5.41, 5.74) is 0. The second-order valence-corrected chi connectivity index (χ2v) is 2.31. The Bertz CT molecular complexity index is 281. The van der Waals surface area contributed by atoms with E-state index in [1.165, 1.54) is 13.3 Å². The summed E-state index contributed by atoms with van der Waals surface area (Å²) in [6.07, 6.45) is 5.86. The van der Waals surface area contributed by atoms with Crippen LogP contribution in [-0.4, -0.2) is 35.7 Å². The van der Waals surface area contributed by atoms with Gasteiger partial charge in [-0.2, -0.15) is 0 Å². The second kappa shape index (κ2) is 4.30. The zero-order chi connectivity index (χ0) is 9.68. The molecule has 0 aliphatic carbocycles. The van der Waals surface area contributed by atoms with E-state index in [2.05, 4.69) is 4.99 Å². The number of aliphatic imine (C=N–C) groups is 1. The SMILES string of the molecule is COC1=NC=CCN1C=CC(=O)O. The third-order valence-electron chi connectivity index (χ3n) is 1.42. The highest BCUT2D eigenvalue weighted by Gasteiger charge is 2.09. The number of carbonyl (C=O) groups is 1. The molecule has 1 aliphatic rings. The van der Waals surface area contributed by atoms with Gasteiger partial charge in [0.05, 0.1) is 7.11 Å². The van der Waals surface area contributed by atoms with Gasteiger partial charge in [0.2, 0.25) is 0 Å². The van der Waals surface area contributed by atoms with Gasteiger partial charge in [-0.3, -0.25) is 4.90 Å². The topological polar surface area (TPSA) is 62.1 Å². The summed E-state index contributed by atoms with van der Waals surface area (Å²) in [6, 6.07) is 0.389. The fourth-order valence-corrected chi connectivity index (χ4v) is 0.878. The second-order valence-electron chi connectivity index (χ2n) is 2.31. The average molecular weight is 182 g/mol. The maximum Gasteiger partial charge on any atom is 0.329 e. The Labute approximate surface area is 75.6 Å². The van der Waals surface area contributed by atoms with E-state index in [0.717, 1.165) is 6.08 Å². The molecule has 5 heteroatoms. The lowest BCUT2D eigenvalue weighted by Gasteiger charge is -2.20. The van der Waals surface area contributed by atoms with E-state index in [0.29, 0.717) is 12.6 Å². The van der Waals surface area contributed by atoms with E-state index in [9.17, 15) is 4.79 Å². The molecule has 13 heavy (non-hydrogen) atoms. The van der Waals surface area contributed by atoms with Gasteiger partial charge >= 0.3 is 5.97 Å². The van der Waals surface area contributed by atoms with Crippen molar-refractivity contribution < 1.29 is 14.6 Å². The number of hydrogen-bond acceptors (Lipinski definition) is 4. The Morgan fingerprint density at radius 3 is 3.23 bits per heavy atom. The van der Waals surface area contributed by atoms with Gasteiger partial charge < -0.3 is 9.84 Å². The Hall–Kier alpha value is -1.78. The van der Waals surface area contributed by atoms with Crippen LogP contribution in [0.4, 0.5) is 0 Å². The van der Waals surface area contributed by atoms with E-state index in [-0.39, 0.29) is 0 Å². The molecule has 5 nitrogen and oxygen atoms in total. The number of hydrogen-bond donors (Lipinski definition) is 1. The molecule has 0 amide bonds. The zero-order valence-corrected chi connectivity index (χ0v) is 7.17. The molecule has 0 unspecified atom stereocenters. The number of ether oxygens (including phenoxy) is 1. The number of methoxy groups -OCH3 is 1. The Morgan fingerprint density at radius 2 is 2.62 bits per heavy atom. The summed E-state index contributed by atoms with van der Waals surface area (Å²) in [4.78, 5) is 15.7. The predicted octanol–water partition coefficient (Wildman–Crippen LogP) is 0.416. The van der Waals surface area contributed by atoms with Crippen molar-refractivity contribution >= 4 is 12.0 Å². The van der Waals surface area contributed by atoms with Gasteiger partial charge in [-0.15, -0.1) is 0 Å². The standard InChI is InChI=1S/C8H10N2O3/c1-13-8-9-4-2-5-10(8)6-3-7(11)12/h2-4,6H,5H2,1H3,(H,11,12). The van der Waals surface area contributed by atoms with Crippen molar-refractivity contribution in [1.82, 2.24) is 4.90 Å². The smallest absolute Gasteiger partial charge is 0.329 e. The first-order valence-electron chi connectivity index (χ1n) is 3.68. The summed E-state index contributed by atoms with van der Waals surface area (Å²) >= 11 is 0. The molecule has 1 rings (SSSR count). The molecule has 0 saturated heterocycles. The maximum absolute atomic E-state index is 10.2. The molecule has 1 aliphatic heterocycles. The summed E-state index contributed by atoms with van der Waals surface area (Å²) < 4.78 is 4.92. The molecule has 0 spiro atoms. The van der Waals surface area contributed by atoms with Crippen LogP contribution in [0.2, 0.25) is 0 Å².